The van der Waals surface area contributed by atoms with Crippen LogP contribution in [-0.2, 0) is 17.9 Å². The van der Waals surface area contributed by atoms with Crippen molar-refractivity contribution in [3.63, 3.8) is 0 Å². The standard InChI is InChI=1S/C16H18ClNO3/c1-20-10-11-4-3-5-14(6-11)18-9-12-7-13(17)8-15(21-2)16(12)19/h3-8,18-19H,9-10H2,1-2H3. The van der Waals surface area contributed by atoms with Gasteiger partial charge in [-0.1, -0.05) is 23.7 Å². The molecule has 2 N–H and O–H groups in total. The van der Waals surface area contributed by atoms with Crippen LogP contribution in [-0.4, -0.2) is 19.3 Å². The molecule has 0 amide bonds. The van der Waals surface area contributed by atoms with Crippen LogP contribution in [0, 0.1) is 0 Å². The summed E-state index contributed by atoms with van der Waals surface area (Å²) >= 11 is 6.01. The van der Waals surface area contributed by atoms with E-state index >= 15 is 0 Å². The second-order valence-electron chi connectivity index (χ2n) is 4.60. The van der Waals surface area contributed by atoms with Crippen LogP contribution in [0.1, 0.15) is 11.1 Å². The maximum atomic E-state index is 10.1. The number of benzene rings is 2. The first-order chi connectivity index (χ1) is 10.1. The normalized spacial score (nSPS) is 10.4. The largest absolute Gasteiger partial charge is 0.504 e. The highest BCUT2D eigenvalue weighted by molar-refractivity contribution is 6.30. The van der Waals surface area contributed by atoms with E-state index in [4.69, 9.17) is 21.1 Å². The average molecular weight is 308 g/mol. The van der Waals surface area contributed by atoms with Crippen molar-refractivity contribution < 1.29 is 14.6 Å². The van der Waals surface area contributed by atoms with E-state index in [1.165, 1.54) is 7.11 Å². The van der Waals surface area contributed by atoms with E-state index in [9.17, 15) is 5.11 Å². The first-order valence-electron chi connectivity index (χ1n) is 6.51. The van der Waals surface area contributed by atoms with Crippen LogP contribution in [0.5, 0.6) is 11.5 Å². The Balaban J connectivity index is 2.13. The molecule has 0 heterocycles. The molecule has 0 atom stereocenters. The van der Waals surface area contributed by atoms with Gasteiger partial charge in [0, 0.05) is 36.0 Å². The predicted octanol–water partition coefficient (Wildman–Crippen LogP) is 3.81. The van der Waals surface area contributed by atoms with Gasteiger partial charge in [0.25, 0.3) is 0 Å². The Kier molecular flexibility index (Phi) is 5.31. The van der Waals surface area contributed by atoms with Crippen LogP contribution in [0.3, 0.4) is 0 Å². The Hall–Kier alpha value is -1.91. The molecule has 0 radical (unpaired) electrons. The van der Waals surface area contributed by atoms with Crippen LogP contribution in [0.2, 0.25) is 5.02 Å². The first-order valence-corrected chi connectivity index (χ1v) is 6.89. The van der Waals surface area contributed by atoms with Gasteiger partial charge in [-0.15, -0.1) is 0 Å². The van der Waals surface area contributed by atoms with Gasteiger partial charge in [0.2, 0.25) is 0 Å². The maximum absolute atomic E-state index is 10.1. The summed E-state index contributed by atoms with van der Waals surface area (Å²) in [6.45, 7) is 1.00. The van der Waals surface area contributed by atoms with Crippen molar-refractivity contribution in [2.24, 2.45) is 0 Å². The summed E-state index contributed by atoms with van der Waals surface area (Å²) in [5.74, 6) is 0.467. The van der Waals surface area contributed by atoms with Crippen LogP contribution < -0.4 is 10.1 Å². The Morgan fingerprint density at radius 3 is 2.71 bits per heavy atom. The van der Waals surface area contributed by atoms with Crippen molar-refractivity contribution in [1.29, 1.82) is 0 Å². The number of anilines is 1. The molecule has 0 aliphatic carbocycles. The lowest BCUT2D eigenvalue weighted by Gasteiger charge is -2.12. The number of nitrogens with one attached hydrogen (secondary N) is 1. The smallest absolute Gasteiger partial charge is 0.162 e. The number of phenolic OH excluding ortho intramolecular Hbond substituents is 1. The number of rotatable bonds is 6. The summed E-state index contributed by atoms with van der Waals surface area (Å²) in [5, 5.41) is 13.9. The van der Waals surface area contributed by atoms with Crippen molar-refractivity contribution >= 4 is 17.3 Å². The summed E-state index contributed by atoms with van der Waals surface area (Å²) in [6, 6.07) is 11.2. The molecule has 2 rings (SSSR count). The van der Waals surface area contributed by atoms with Gasteiger partial charge in [-0.05, 0) is 23.8 Å². The molecule has 0 aliphatic rings. The highest BCUT2D eigenvalue weighted by atomic mass is 35.5. The fourth-order valence-electron chi connectivity index (χ4n) is 2.05. The third-order valence-corrected chi connectivity index (χ3v) is 3.28. The van der Waals surface area contributed by atoms with Gasteiger partial charge in [-0.3, -0.25) is 0 Å². The molecule has 2 aromatic carbocycles. The molecule has 2 aromatic rings. The molecule has 0 unspecified atom stereocenters. The number of hydrogen-bond acceptors (Lipinski definition) is 4. The minimum absolute atomic E-state index is 0.0995. The first kappa shape index (κ1) is 15.5. The van der Waals surface area contributed by atoms with Gasteiger partial charge in [0.15, 0.2) is 11.5 Å². The maximum Gasteiger partial charge on any atom is 0.162 e. The fraction of sp³-hybridized carbons (Fsp3) is 0.250. The molecular weight excluding hydrogens is 290 g/mol. The molecule has 0 aliphatic heterocycles. The third kappa shape index (κ3) is 4.03. The van der Waals surface area contributed by atoms with Crippen LogP contribution in [0.4, 0.5) is 5.69 Å². The van der Waals surface area contributed by atoms with Crippen LogP contribution >= 0.6 is 11.6 Å². The van der Waals surface area contributed by atoms with E-state index < -0.39 is 0 Å². The summed E-state index contributed by atoms with van der Waals surface area (Å²) in [5.41, 5.74) is 2.70. The SMILES string of the molecule is COCc1cccc(NCc2cc(Cl)cc(OC)c2O)c1. The van der Waals surface area contributed by atoms with Crippen molar-refractivity contribution in [2.75, 3.05) is 19.5 Å². The topological polar surface area (TPSA) is 50.7 Å². The lowest BCUT2D eigenvalue weighted by atomic mass is 10.1. The zero-order valence-corrected chi connectivity index (χ0v) is 12.8. The van der Waals surface area contributed by atoms with Gasteiger partial charge in [0.1, 0.15) is 0 Å². The van der Waals surface area contributed by atoms with Gasteiger partial charge in [-0.25, -0.2) is 0 Å². The molecule has 0 saturated heterocycles. The van der Waals surface area contributed by atoms with E-state index in [-0.39, 0.29) is 5.75 Å². The van der Waals surface area contributed by atoms with Gasteiger partial charge < -0.3 is 19.9 Å². The molecule has 21 heavy (non-hydrogen) atoms. The summed E-state index contributed by atoms with van der Waals surface area (Å²) < 4.78 is 10.2. The molecule has 0 aromatic heterocycles. The van der Waals surface area contributed by atoms with E-state index in [0.717, 1.165) is 11.3 Å². The van der Waals surface area contributed by atoms with Gasteiger partial charge in [-0.2, -0.15) is 0 Å². The second-order valence-corrected chi connectivity index (χ2v) is 5.04. The second kappa shape index (κ2) is 7.20. The monoisotopic (exact) mass is 307 g/mol. The van der Waals surface area contributed by atoms with E-state index in [1.807, 2.05) is 24.3 Å². The molecule has 4 nitrogen and oxygen atoms in total. The van der Waals surface area contributed by atoms with Gasteiger partial charge in [0.05, 0.1) is 13.7 Å². The van der Waals surface area contributed by atoms with E-state index in [1.54, 1.807) is 19.2 Å². The van der Waals surface area contributed by atoms with Crippen LogP contribution in [0.15, 0.2) is 36.4 Å². The van der Waals surface area contributed by atoms with Crippen molar-refractivity contribution in [3.8, 4) is 11.5 Å². The molecule has 0 bridgehead atoms. The molecule has 5 heteroatoms. The average Bonchev–Trinajstić information content (AvgIpc) is 2.48. The Morgan fingerprint density at radius 2 is 2.00 bits per heavy atom. The number of hydrogen-bond donors (Lipinski definition) is 2. The zero-order valence-electron chi connectivity index (χ0n) is 12.0. The lowest BCUT2D eigenvalue weighted by Crippen LogP contribution is -2.01. The molecule has 0 saturated carbocycles. The molecular formula is C16H18ClNO3. The predicted molar refractivity (Wildman–Crippen MR) is 84.2 cm³/mol. The van der Waals surface area contributed by atoms with Crippen molar-refractivity contribution in [1.82, 2.24) is 0 Å². The van der Waals surface area contributed by atoms with Crippen LogP contribution in [0.25, 0.3) is 0 Å². The quantitative estimate of drug-likeness (QED) is 0.852. The number of methoxy groups -OCH3 is 2. The Bertz CT molecular complexity index is 616. The van der Waals surface area contributed by atoms with E-state index in [2.05, 4.69) is 5.32 Å². The Labute approximate surface area is 129 Å². The molecule has 0 spiro atoms. The molecule has 0 fully saturated rings. The number of halogens is 1. The Morgan fingerprint density at radius 1 is 1.19 bits per heavy atom. The number of aromatic hydroxyl groups is 1. The summed E-state index contributed by atoms with van der Waals surface area (Å²) in [7, 11) is 3.16. The van der Waals surface area contributed by atoms with E-state index in [0.29, 0.717) is 29.5 Å². The third-order valence-electron chi connectivity index (χ3n) is 3.06. The highest BCUT2D eigenvalue weighted by Crippen LogP contribution is 2.33. The highest BCUT2D eigenvalue weighted by Gasteiger charge is 2.09. The van der Waals surface area contributed by atoms with Crippen molar-refractivity contribution in [3.05, 3.63) is 52.5 Å². The van der Waals surface area contributed by atoms with Gasteiger partial charge >= 0.3 is 0 Å². The summed E-state index contributed by atoms with van der Waals surface area (Å²) in [4.78, 5) is 0. The molecule has 112 valence electrons. The minimum Gasteiger partial charge on any atom is -0.504 e. The lowest BCUT2D eigenvalue weighted by molar-refractivity contribution is 0.185. The summed E-state index contributed by atoms with van der Waals surface area (Å²) in [6.07, 6.45) is 0. The fourth-order valence-corrected chi connectivity index (χ4v) is 2.28. The number of phenols is 1. The van der Waals surface area contributed by atoms with Crippen molar-refractivity contribution in [2.45, 2.75) is 13.2 Å². The minimum atomic E-state index is 0.0995. The number of ether oxygens (including phenoxy) is 2. The zero-order chi connectivity index (χ0) is 15.2.